The normalized spacial score (nSPS) is 13.2. The van der Waals surface area contributed by atoms with Crippen LogP contribution in [0.3, 0.4) is 0 Å². The van der Waals surface area contributed by atoms with Crippen molar-refractivity contribution in [1.82, 2.24) is 9.97 Å². The van der Waals surface area contributed by atoms with Gasteiger partial charge in [-0.2, -0.15) is 15.8 Å². The van der Waals surface area contributed by atoms with Crippen molar-refractivity contribution in [3.05, 3.63) is 185 Å². The van der Waals surface area contributed by atoms with Crippen LogP contribution < -0.4 is 36.8 Å². The summed E-state index contributed by atoms with van der Waals surface area (Å²) in [6.07, 6.45) is 11.0. The Bertz CT molecular complexity index is 3850. The zero-order chi connectivity index (χ0) is 67.8. The number of aliphatic hydroxyl groups is 1. The Morgan fingerprint density at radius 3 is 1.37 bits per heavy atom. The van der Waals surface area contributed by atoms with Crippen LogP contribution in [0.4, 0.5) is 34.1 Å². The zero-order valence-electron chi connectivity index (χ0n) is 56.2. The molecule has 2 atom stereocenters. The topological polar surface area (TPSA) is 218 Å². The molecule has 2 aliphatic carbocycles. The number of aryl methyl sites for hydroxylation is 7. The molecule has 2 aromatic heterocycles. The predicted molar refractivity (Wildman–Crippen MR) is 394 cm³/mol. The molecule has 0 saturated carbocycles. The summed E-state index contributed by atoms with van der Waals surface area (Å²) < 4.78 is 5.93. The van der Waals surface area contributed by atoms with Gasteiger partial charge in [0.25, 0.3) is 0 Å². The van der Waals surface area contributed by atoms with E-state index in [0.29, 0.717) is 21.3 Å². The van der Waals surface area contributed by atoms with Crippen LogP contribution in [-0.4, -0.2) is 83.1 Å². The van der Waals surface area contributed by atoms with E-state index in [4.69, 9.17) is 71.5 Å². The minimum Gasteiger partial charge on any atom is -0.399 e. The summed E-state index contributed by atoms with van der Waals surface area (Å²) in [5, 5.41) is 38.6. The molecule has 92 heavy (non-hydrogen) atoms. The molecule has 8 aromatic rings. The van der Waals surface area contributed by atoms with Gasteiger partial charge < -0.3 is 46.6 Å². The van der Waals surface area contributed by atoms with E-state index in [0.717, 1.165) is 131 Å². The Morgan fingerprint density at radius 2 is 0.935 bits per heavy atom. The lowest BCUT2D eigenvalue weighted by atomic mass is 10.00. The first-order valence-corrected chi connectivity index (χ1v) is 33.9. The van der Waals surface area contributed by atoms with E-state index in [1.807, 2.05) is 87.8 Å². The van der Waals surface area contributed by atoms with E-state index in [9.17, 15) is 5.11 Å². The Kier molecular flexibility index (Phi) is 29.9. The quantitative estimate of drug-likeness (QED) is 0.0588. The monoisotopic (exact) mass is 1310 g/mol. The summed E-state index contributed by atoms with van der Waals surface area (Å²) in [5.41, 5.74) is 36.5. The van der Waals surface area contributed by atoms with Crippen molar-refractivity contribution in [3.63, 3.8) is 0 Å². The number of hydrogen-bond acceptors (Lipinski definition) is 16. The molecule has 0 fully saturated rings. The number of rotatable bonds is 14. The minimum atomic E-state index is -0.314. The fraction of sp³-hybridized carbons (Fsp3) is 0.378. The number of aromatic nitrogens is 2. The van der Waals surface area contributed by atoms with Gasteiger partial charge in [-0.1, -0.05) is 58.4 Å². The summed E-state index contributed by atoms with van der Waals surface area (Å²) in [7, 11) is 16.3. The number of fused-ring (bicyclic) bond motifs is 2. The number of thiocarbonyl (C=S) groups is 1. The Labute approximate surface area is 566 Å². The fourth-order valence-electron chi connectivity index (χ4n) is 10.4. The second kappa shape index (κ2) is 36.9. The van der Waals surface area contributed by atoms with Crippen LogP contribution in [0.25, 0.3) is 21.1 Å². The highest BCUT2D eigenvalue weighted by atomic mass is 35.5. The van der Waals surface area contributed by atoms with Gasteiger partial charge in [-0.15, -0.1) is 22.7 Å². The molecule has 0 amide bonds. The van der Waals surface area contributed by atoms with E-state index >= 15 is 0 Å². The first-order chi connectivity index (χ1) is 44.0. The number of benzene rings is 6. The van der Waals surface area contributed by atoms with Crippen LogP contribution in [0.1, 0.15) is 151 Å². The average Bonchev–Trinajstić information content (AvgIpc) is 1.72. The van der Waals surface area contributed by atoms with E-state index < -0.39 is 0 Å². The molecule has 2 heterocycles. The average molecular weight is 1310 g/mol. The first kappa shape index (κ1) is 74.7. The number of aliphatic hydroxyl groups excluding tert-OH is 1. The van der Waals surface area contributed by atoms with Gasteiger partial charge in [-0.25, -0.2) is 9.97 Å². The maximum absolute atomic E-state index is 10.1. The Balaban J connectivity index is 0.000000206. The maximum Gasteiger partial charge on any atom is 0.124 e. The number of thiazole rings is 2. The van der Waals surface area contributed by atoms with Crippen molar-refractivity contribution in [2.45, 2.75) is 124 Å². The van der Waals surface area contributed by atoms with Gasteiger partial charge in [0.15, 0.2) is 0 Å². The molecule has 6 aromatic carbocycles. The lowest BCUT2D eigenvalue weighted by Gasteiger charge is -2.20. The number of halogens is 1. The van der Waals surface area contributed by atoms with Crippen molar-refractivity contribution in [3.8, 4) is 39.3 Å². The van der Waals surface area contributed by atoms with Gasteiger partial charge in [0.05, 0.1) is 67.2 Å². The van der Waals surface area contributed by atoms with Gasteiger partial charge in [0.2, 0.25) is 0 Å². The van der Waals surface area contributed by atoms with Crippen LogP contribution in [0.15, 0.2) is 109 Å². The fourth-order valence-corrected chi connectivity index (χ4v) is 13.3. The maximum atomic E-state index is 10.1. The van der Waals surface area contributed by atoms with Crippen molar-refractivity contribution >= 4 is 85.6 Å². The van der Waals surface area contributed by atoms with Crippen LogP contribution in [0.5, 0.6) is 0 Å². The molecule has 0 radical (unpaired) electrons. The molecule has 18 heteroatoms. The molecule has 486 valence electrons. The Morgan fingerprint density at radius 1 is 0.543 bits per heavy atom. The summed E-state index contributed by atoms with van der Waals surface area (Å²) in [4.78, 5) is 21.1. The third-order valence-corrected chi connectivity index (χ3v) is 18.7. The molecule has 14 nitrogen and oxygen atoms in total. The standard InChI is InChI=1S/C19H26N2OS.C17H22N2OS.C11H16N2S.C11H14N2.C9H10N2.C7H5ClN2/c1-5-13-12-14(21(3)4)10-11-15(13)19-20-16-8-7-9-17(22-6-2)18(16)23-19;1-4-11-10-12(19(2)3)8-9-13(11)17-18-14-6-5-7-15(20)16(14)21-17;1-4-8-7-9(13(2)3)5-6-10(8)11(12)14;1-4-9-7-11(13(2)3)6-5-10(9)8-12;1-2-7-5-9(11)4-3-8(7)6-10;8-7-3-6(10)2-1-5(7)4-9/h10-12,17H,5-9H2,1-4H3;8-10,15,20H,4-7H2,1-3H3;5-7H,4H2,1-3H3,(H2,12,14);5-7H,4H2,1-3H3;3-5H,2,11H2,1H3;1-3H,10H2. The number of nitrogen functional groups attached to an aromatic ring is 2. The summed E-state index contributed by atoms with van der Waals surface area (Å²) >= 11 is 14.1. The molecule has 0 bridgehead atoms. The van der Waals surface area contributed by atoms with Crippen LogP contribution >= 0.6 is 46.5 Å². The molecule has 10 rings (SSSR count). The van der Waals surface area contributed by atoms with E-state index in [1.54, 1.807) is 41.7 Å². The van der Waals surface area contributed by atoms with Gasteiger partial charge in [-0.3, -0.25) is 0 Å². The molecule has 7 N–H and O–H groups in total. The number of anilines is 6. The molecule has 2 aliphatic rings. The second-order valence-electron chi connectivity index (χ2n) is 23.0. The lowest BCUT2D eigenvalue weighted by molar-refractivity contribution is 0.0524. The molecule has 0 aliphatic heterocycles. The summed E-state index contributed by atoms with van der Waals surface area (Å²) in [5.74, 6) is 0. The molecule has 0 saturated heterocycles. The predicted octanol–water partition coefficient (Wildman–Crippen LogP) is 16.3. The van der Waals surface area contributed by atoms with Crippen LogP contribution in [0, 0.1) is 34.0 Å². The second-order valence-corrected chi connectivity index (χ2v) is 25.9. The highest BCUT2D eigenvalue weighted by Gasteiger charge is 2.27. The highest BCUT2D eigenvalue weighted by Crippen LogP contribution is 2.42. The van der Waals surface area contributed by atoms with Crippen LogP contribution in [-0.2, 0) is 49.7 Å². The largest absolute Gasteiger partial charge is 0.399 e. The smallest absolute Gasteiger partial charge is 0.124 e. The third kappa shape index (κ3) is 20.7. The lowest BCUT2D eigenvalue weighted by Crippen LogP contribution is -2.14. The zero-order valence-corrected chi connectivity index (χ0v) is 59.5. The van der Waals surface area contributed by atoms with Gasteiger partial charge in [0, 0.05) is 114 Å². The number of ether oxygens (including phenoxy) is 1. The number of nitrogens with two attached hydrogens (primary N) is 3. The van der Waals surface area contributed by atoms with E-state index in [2.05, 4.69) is 138 Å². The SMILES string of the molecule is CCOC1CCCc2nc(-c3ccc(N(C)C)cc3CC)sc21.CCc1cc(N(C)C)ccc1-c1nc2c(s1)C(O)CCC2.CCc1cc(N(C)C)ccc1C#N.CCc1cc(N(C)C)ccc1C(N)=S.CCc1cc(N)ccc1C#N.N#Cc1ccc(N)cc1Cl. The molecular weight excluding hydrogens is 1220 g/mol. The molecule has 2 unspecified atom stereocenters. The van der Waals surface area contributed by atoms with E-state index in [1.165, 1.54) is 61.9 Å². The van der Waals surface area contributed by atoms with Gasteiger partial charge in [0.1, 0.15) is 21.1 Å². The van der Waals surface area contributed by atoms with Crippen molar-refractivity contribution in [2.75, 3.05) is 94.1 Å². The molecule has 0 spiro atoms. The first-order valence-electron chi connectivity index (χ1n) is 31.4. The number of nitriles is 3. The molecular formula is C74H93ClN12O2S3. The van der Waals surface area contributed by atoms with Crippen LogP contribution in [0.2, 0.25) is 5.02 Å². The van der Waals surface area contributed by atoms with Crippen molar-refractivity contribution < 1.29 is 9.84 Å². The summed E-state index contributed by atoms with van der Waals surface area (Å²) in [6, 6.07) is 41.7. The van der Waals surface area contributed by atoms with Crippen molar-refractivity contribution in [1.29, 1.82) is 15.8 Å². The summed E-state index contributed by atoms with van der Waals surface area (Å²) in [6.45, 7) is 13.4. The number of hydrogen-bond donors (Lipinski definition) is 4. The third-order valence-electron chi connectivity index (χ3n) is 15.7. The number of nitrogens with zero attached hydrogens (tertiary/aromatic N) is 9. The minimum absolute atomic E-state index is 0.251. The highest BCUT2D eigenvalue weighted by molar-refractivity contribution is 7.80. The van der Waals surface area contributed by atoms with E-state index in [-0.39, 0.29) is 12.2 Å². The van der Waals surface area contributed by atoms with Gasteiger partial charge in [-0.05, 0) is 215 Å². The van der Waals surface area contributed by atoms with Gasteiger partial charge >= 0.3 is 0 Å². The Hall–Kier alpha value is -8.05. The van der Waals surface area contributed by atoms with Crippen molar-refractivity contribution in [2.24, 2.45) is 5.73 Å².